The molecule has 0 atom stereocenters. The van der Waals surface area contributed by atoms with Gasteiger partial charge in [0.2, 0.25) is 5.76 Å². The third kappa shape index (κ3) is 3.35. The number of furan rings is 1. The number of rotatable bonds is 4. The van der Waals surface area contributed by atoms with Crippen molar-refractivity contribution < 1.29 is 19.1 Å². The summed E-state index contributed by atoms with van der Waals surface area (Å²) in [5.41, 5.74) is 0.432. The Morgan fingerprint density at radius 2 is 2.11 bits per heavy atom. The van der Waals surface area contributed by atoms with Crippen molar-refractivity contribution in [3.05, 3.63) is 23.7 Å². The van der Waals surface area contributed by atoms with Crippen molar-refractivity contribution in [2.45, 2.75) is 52.2 Å². The van der Waals surface area contributed by atoms with Crippen LogP contribution >= 0.6 is 0 Å². The molecule has 1 N–H and O–H groups in total. The summed E-state index contributed by atoms with van der Waals surface area (Å²) in [7, 11) is 0. The second-order valence-electron chi connectivity index (χ2n) is 5.75. The third-order valence-corrected chi connectivity index (χ3v) is 3.62. The third-order valence-electron chi connectivity index (χ3n) is 3.62. The zero-order valence-corrected chi connectivity index (χ0v) is 10.9. The Kier molecular flexibility index (Phi) is 3.76. The molecule has 1 saturated carbocycles. The van der Waals surface area contributed by atoms with Crippen molar-refractivity contribution >= 4 is 5.97 Å². The lowest BCUT2D eigenvalue weighted by atomic mass is 9.76. The molecule has 0 aromatic carbocycles. The topological polar surface area (TPSA) is 59.7 Å². The predicted molar refractivity (Wildman–Crippen MR) is 66.5 cm³/mol. The fraction of sp³-hybridized carbons (Fsp3) is 0.643. The highest BCUT2D eigenvalue weighted by molar-refractivity contribution is 5.84. The second kappa shape index (κ2) is 5.14. The monoisotopic (exact) mass is 252 g/mol. The van der Waals surface area contributed by atoms with Gasteiger partial charge in [0.1, 0.15) is 12.4 Å². The maximum Gasteiger partial charge on any atom is 0.371 e. The molecular formula is C14H20O4. The van der Waals surface area contributed by atoms with Crippen LogP contribution in [-0.2, 0) is 11.3 Å². The Hall–Kier alpha value is -1.29. The molecule has 0 amide bonds. The molecule has 1 heterocycles. The number of hydrogen-bond donors (Lipinski definition) is 1. The van der Waals surface area contributed by atoms with Crippen LogP contribution in [0.3, 0.4) is 0 Å². The Labute approximate surface area is 107 Å². The van der Waals surface area contributed by atoms with Crippen molar-refractivity contribution in [3.63, 3.8) is 0 Å². The van der Waals surface area contributed by atoms with Gasteiger partial charge in [-0.3, -0.25) is 0 Å². The van der Waals surface area contributed by atoms with Gasteiger partial charge in [-0.1, -0.05) is 13.8 Å². The van der Waals surface area contributed by atoms with Gasteiger partial charge in [-0.2, -0.15) is 0 Å². The minimum atomic E-state index is -1.04. The Morgan fingerprint density at radius 3 is 2.67 bits per heavy atom. The van der Waals surface area contributed by atoms with Crippen LogP contribution in [0.25, 0.3) is 0 Å². The quantitative estimate of drug-likeness (QED) is 0.891. The van der Waals surface area contributed by atoms with Gasteiger partial charge in [0.25, 0.3) is 0 Å². The van der Waals surface area contributed by atoms with Crippen LogP contribution in [0.2, 0.25) is 0 Å². The molecular weight excluding hydrogens is 232 g/mol. The number of carbonyl (C=O) groups is 1. The van der Waals surface area contributed by atoms with Crippen LogP contribution < -0.4 is 0 Å². The van der Waals surface area contributed by atoms with Gasteiger partial charge in [0.05, 0.1) is 6.10 Å². The maximum atomic E-state index is 10.7. The number of ether oxygens (including phenoxy) is 1. The fourth-order valence-corrected chi connectivity index (χ4v) is 2.31. The van der Waals surface area contributed by atoms with E-state index in [1.807, 2.05) is 0 Å². The van der Waals surface area contributed by atoms with Crippen molar-refractivity contribution in [1.82, 2.24) is 0 Å². The van der Waals surface area contributed by atoms with E-state index < -0.39 is 5.97 Å². The molecule has 1 aromatic rings. The lowest BCUT2D eigenvalue weighted by molar-refractivity contribution is -0.0124. The molecule has 1 aliphatic rings. The van der Waals surface area contributed by atoms with E-state index in [9.17, 15) is 4.79 Å². The lowest BCUT2D eigenvalue weighted by Gasteiger charge is -2.33. The molecule has 0 radical (unpaired) electrons. The molecule has 1 aliphatic carbocycles. The molecule has 1 fully saturated rings. The molecule has 0 bridgehead atoms. The summed E-state index contributed by atoms with van der Waals surface area (Å²) in [6.07, 6.45) is 4.77. The average Bonchev–Trinajstić information content (AvgIpc) is 2.76. The van der Waals surface area contributed by atoms with E-state index in [1.54, 1.807) is 6.07 Å². The normalized spacial score (nSPS) is 19.9. The van der Waals surface area contributed by atoms with Crippen molar-refractivity contribution in [3.8, 4) is 0 Å². The first kappa shape index (κ1) is 13.1. The first-order valence-corrected chi connectivity index (χ1v) is 6.40. The molecule has 4 nitrogen and oxygen atoms in total. The molecule has 100 valence electrons. The first-order chi connectivity index (χ1) is 8.46. The standard InChI is InChI=1S/C14H20O4/c1-14(2)7-5-10(6-8-14)17-9-11-3-4-12(18-11)13(15)16/h3-4,10H,5-9H2,1-2H3,(H,15,16). The average molecular weight is 252 g/mol. The van der Waals surface area contributed by atoms with Gasteiger partial charge in [-0.25, -0.2) is 4.79 Å². The zero-order valence-electron chi connectivity index (χ0n) is 10.9. The molecule has 2 rings (SSSR count). The number of carboxylic acid groups (broad SMARTS) is 1. The maximum absolute atomic E-state index is 10.7. The Morgan fingerprint density at radius 1 is 1.44 bits per heavy atom. The smallest absolute Gasteiger partial charge is 0.371 e. The van der Waals surface area contributed by atoms with Gasteiger partial charge >= 0.3 is 5.97 Å². The summed E-state index contributed by atoms with van der Waals surface area (Å²) in [5.74, 6) is -0.490. The lowest BCUT2D eigenvalue weighted by Crippen LogP contribution is -2.26. The van der Waals surface area contributed by atoms with Gasteiger partial charge in [-0.15, -0.1) is 0 Å². The summed E-state index contributed by atoms with van der Waals surface area (Å²) in [6, 6.07) is 3.13. The summed E-state index contributed by atoms with van der Waals surface area (Å²) in [4.78, 5) is 10.7. The van der Waals surface area contributed by atoms with E-state index >= 15 is 0 Å². The van der Waals surface area contributed by atoms with Crippen LogP contribution in [0.15, 0.2) is 16.5 Å². The molecule has 4 heteroatoms. The van der Waals surface area contributed by atoms with Crippen LogP contribution in [-0.4, -0.2) is 17.2 Å². The van der Waals surface area contributed by atoms with E-state index in [1.165, 1.54) is 18.9 Å². The van der Waals surface area contributed by atoms with E-state index in [0.29, 0.717) is 17.8 Å². The van der Waals surface area contributed by atoms with Crippen LogP contribution in [0.5, 0.6) is 0 Å². The summed E-state index contributed by atoms with van der Waals surface area (Å²) >= 11 is 0. The van der Waals surface area contributed by atoms with Crippen molar-refractivity contribution in [2.24, 2.45) is 5.41 Å². The molecule has 1 aromatic heterocycles. The number of aromatic carboxylic acids is 1. The number of hydrogen-bond acceptors (Lipinski definition) is 3. The Bertz CT molecular complexity index is 409. The SMILES string of the molecule is CC1(C)CCC(OCc2ccc(C(=O)O)o2)CC1. The van der Waals surface area contributed by atoms with Gasteiger partial charge in [0, 0.05) is 0 Å². The first-order valence-electron chi connectivity index (χ1n) is 6.40. The van der Waals surface area contributed by atoms with E-state index in [2.05, 4.69) is 13.8 Å². The molecule has 0 spiro atoms. The summed E-state index contributed by atoms with van der Waals surface area (Å²) < 4.78 is 10.9. The zero-order chi connectivity index (χ0) is 13.2. The van der Waals surface area contributed by atoms with Crippen molar-refractivity contribution in [2.75, 3.05) is 0 Å². The predicted octanol–water partition coefficient (Wildman–Crippen LogP) is 3.46. The molecule has 0 unspecified atom stereocenters. The van der Waals surface area contributed by atoms with Crippen LogP contribution in [0.1, 0.15) is 55.8 Å². The van der Waals surface area contributed by atoms with E-state index in [-0.39, 0.29) is 11.9 Å². The highest BCUT2D eigenvalue weighted by atomic mass is 16.5. The van der Waals surface area contributed by atoms with Gasteiger partial charge in [0.15, 0.2) is 0 Å². The molecule has 0 aliphatic heterocycles. The second-order valence-corrected chi connectivity index (χ2v) is 5.75. The fourth-order valence-electron chi connectivity index (χ4n) is 2.31. The summed E-state index contributed by atoms with van der Waals surface area (Å²) in [6.45, 7) is 4.93. The van der Waals surface area contributed by atoms with E-state index in [0.717, 1.165) is 12.8 Å². The van der Waals surface area contributed by atoms with Crippen LogP contribution in [0.4, 0.5) is 0 Å². The molecule has 18 heavy (non-hydrogen) atoms. The Balaban J connectivity index is 1.79. The summed E-state index contributed by atoms with van der Waals surface area (Å²) in [5, 5.41) is 8.74. The highest BCUT2D eigenvalue weighted by Crippen LogP contribution is 2.36. The van der Waals surface area contributed by atoms with E-state index in [4.69, 9.17) is 14.3 Å². The number of carboxylic acids is 1. The highest BCUT2D eigenvalue weighted by Gasteiger charge is 2.27. The van der Waals surface area contributed by atoms with Crippen molar-refractivity contribution in [1.29, 1.82) is 0 Å². The largest absolute Gasteiger partial charge is 0.475 e. The minimum absolute atomic E-state index is 0.0293. The minimum Gasteiger partial charge on any atom is -0.475 e. The van der Waals surface area contributed by atoms with Crippen LogP contribution in [0, 0.1) is 5.41 Å². The molecule has 0 saturated heterocycles. The van der Waals surface area contributed by atoms with Gasteiger partial charge < -0.3 is 14.3 Å². The van der Waals surface area contributed by atoms with Gasteiger partial charge in [-0.05, 0) is 43.2 Å².